The fraction of sp³-hybridized carbons (Fsp3) is 0.812. The number of ether oxygens (including phenoxy) is 1. The summed E-state index contributed by atoms with van der Waals surface area (Å²) in [6.07, 6.45) is 5.07. The van der Waals surface area contributed by atoms with E-state index in [4.69, 9.17) is 4.74 Å². The van der Waals surface area contributed by atoms with E-state index in [1.54, 1.807) is 6.92 Å². The molecular formula is C16H29N3O2. The third-order valence-corrected chi connectivity index (χ3v) is 3.81. The maximum atomic E-state index is 11.1. The highest BCUT2D eigenvalue weighted by molar-refractivity contribution is 5.75. The first-order valence-corrected chi connectivity index (χ1v) is 7.71. The zero-order valence-electron chi connectivity index (χ0n) is 14.3. The molecular weight excluding hydrogens is 266 g/mol. The van der Waals surface area contributed by atoms with Gasteiger partial charge in [-0.05, 0) is 53.9 Å². The van der Waals surface area contributed by atoms with Gasteiger partial charge in [0.05, 0.1) is 16.8 Å². The van der Waals surface area contributed by atoms with Crippen molar-refractivity contribution in [2.75, 3.05) is 6.61 Å². The lowest BCUT2D eigenvalue weighted by Crippen LogP contribution is -2.32. The summed E-state index contributed by atoms with van der Waals surface area (Å²) in [4.78, 5) is 11.1. The van der Waals surface area contributed by atoms with Crippen molar-refractivity contribution >= 4 is 5.78 Å². The molecule has 0 bridgehead atoms. The van der Waals surface area contributed by atoms with Crippen LogP contribution in [0.1, 0.15) is 66.5 Å². The molecule has 21 heavy (non-hydrogen) atoms. The van der Waals surface area contributed by atoms with Gasteiger partial charge in [-0.3, -0.25) is 0 Å². The van der Waals surface area contributed by atoms with Gasteiger partial charge in [0.15, 0.2) is 0 Å². The van der Waals surface area contributed by atoms with Crippen molar-refractivity contribution < 1.29 is 9.53 Å². The summed E-state index contributed by atoms with van der Waals surface area (Å²) in [6.45, 7) is 12.7. The second kappa shape index (κ2) is 7.16. The molecule has 0 amide bonds. The zero-order chi connectivity index (χ0) is 16.1. The van der Waals surface area contributed by atoms with E-state index in [0.29, 0.717) is 13.0 Å². The molecule has 0 aliphatic rings. The predicted molar refractivity (Wildman–Crippen MR) is 83.3 cm³/mol. The number of ketones is 1. The number of aryl methyl sites for hydroxylation is 1. The summed E-state index contributed by atoms with van der Waals surface area (Å²) in [5, 5.41) is 8.34. The normalized spacial score (nSPS) is 12.7. The number of hydrogen-bond acceptors (Lipinski definition) is 4. The molecule has 0 atom stereocenters. The third kappa shape index (κ3) is 5.96. The summed E-state index contributed by atoms with van der Waals surface area (Å²) in [5.74, 6) is 0.210. The maximum absolute atomic E-state index is 11.1. The SMILES string of the molecule is CCc1cn(C(C)(C)CCOC(C)(C)CCC(C)=O)nn1. The zero-order valence-corrected chi connectivity index (χ0v) is 14.3. The molecule has 0 spiro atoms. The molecule has 0 N–H and O–H groups in total. The van der Waals surface area contributed by atoms with E-state index in [-0.39, 0.29) is 16.9 Å². The lowest BCUT2D eigenvalue weighted by atomic mass is 9.99. The number of hydrogen-bond donors (Lipinski definition) is 0. The average Bonchev–Trinajstić information content (AvgIpc) is 2.85. The van der Waals surface area contributed by atoms with E-state index in [1.807, 2.05) is 24.7 Å². The third-order valence-electron chi connectivity index (χ3n) is 3.81. The van der Waals surface area contributed by atoms with Crippen molar-refractivity contribution in [3.05, 3.63) is 11.9 Å². The summed E-state index contributed by atoms with van der Waals surface area (Å²) in [6, 6.07) is 0. The Balaban J connectivity index is 2.47. The highest BCUT2D eigenvalue weighted by Gasteiger charge is 2.24. The van der Waals surface area contributed by atoms with E-state index >= 15 is 0 Å². The van der Waals surface area contributed by atoms with E-state index in [9.17, 15) is 4.79 Å². The molecule has 1 rings (SSSR count). The molecule has 0 unspecified atom stereocenters. The van der Waals surface area contributed by atoms with Gasteiger partial charge in [0, 0.05) is 19.2 Å². The van der Waals surface area contributed by atoms with Gasteiger partial charge in [-0.2, -0.15) is 0 Å². The summed E-state index contributed by atoms with van der Waals surface area (Å²) < 4.78 is 7.87. The molecule has 0 fully saturated rings. The average molecular weight is 295 g/mol. The topological polar surface area (TPSA) is 57.0 Å². The Morgan fingerprint density at radius 1 is 1.29 bits per heavy atom. The molecule has 5 nitrogen and oxygen atoms in total. The van der Waals surface area contributed by atoms with Crippen LogP contribution in [0.2, 0.25) is 0 Å². The second-order valence-electron chi connectivity index (χ2n) is 6.88. The summed E-state index contributed by atoms with van der Waals surface area (Å²) >= 11 is 0. The van der Waals surface area contributed by atoms with Gasteiger partial charge in [0.25, 0.3) is 0 Å². The minimum atomic E-state index is -0.265. The summed E-state index contributed by atoms with van der Waals surface area (Å²) in [7, 11) is 0. The Labute approximate surface area is 128 Å². The van der Waals surface area contributed by atoms with Crippen LogP contribution in [0.4, 0.5) is 0 Å². The largest absolute Gasteiger partial charge is 0.375 e. The molecule has 0 saturated heterocycles. The van der Waals surface area contributed by atoms with Crippen molar-refractivity contribution in [3.63, 3.8) is 0 Å². The quantitative estimate of drug-likeness (QED) is 0.702. The van der Waals surface area contributed by atoms with Crippen LogP contribution in [0, 0.1) is 0 Å². The fourth-order valence-corrected chi connectivity index (χ4v) is 2.00. The van der Waals surface area contributed by atoms with Gasteiger partial charge in [-0.25, -0.2) is 4.68 Å². The van der Waals surface area contributed by atoms with Crippen molar-refractivity contribution in [2.45, 2.75) is 78.4 Å². The van der Waals surface area contributed by atoms with Crippen LogP contribution in [0.15, 0.2) is 6.20 Å². The first-order valence-electron chi connectivity index (χ1n) is 7.71. The van der Waals surface area contributed by atoms with Crippen LogP contribution in [0.3, 0.4) is 0 Å². The standard InChI is InChI=1S/C16H29N3O2/c1-7-14-12-19(18-17-14)15(3,4)10-11-21-16(5,6)9-8-13(2)20/h12H,7-11H2,1-6H3. The van der Waals surface area contributed by atoms with Crippen LogP contribution in [0.25, 0.3) is 0 Å². The van der Waals surface area contributed by atoms with Crippen LogP contribution < -0.4 is 0 Å². The molecule has 0 aliphatic heterocycles. The van der Waals surface area contributed by atoms with E-state index in [1.165, 1.54) is 0 Å². The molecule has 1 heterocycles. The molecule has 1 aromatic rings. The van der Waals surface area contributed by atoms with Gasteiger partial charge in [0.2, 0.25) is 0 Å². The first-order chi connectivity index (χ1) is 9.66. The molecule has 5 heteroatoms. The fourth-order valence-electron chi connectivity index (χ4n) is 2.00. The van der Waals surface area contributed by atoms with Crippen LogP contribution in [-0.4, -0.2) is 33.0 Å². The van der Waals surface area contributed by atoms with Crippen LogP contribution >= 0.6 is 0 Å². The predicted octanol–water partition coefficient (Wildman–Crippen LogP) is 3.13. The Bertz CT molecular complexity index is 464. The first kappa shape index (κ1) is 17.8. The number of carbonyl (C=O) groups excluding carboxylic acids is 1. The molecule has 0 aliphatic carbocycles. The number of carbonyl (C=O) groups is 1. The Kier molecular flexibility index (Phi) is 6.08. The van der Waals surface area contributed by atoms with E-state index in [0.717, 1.165) is 25.0 Å². The number of nitrogens with zero attached hydrogens (tertiary/aromatic N) is 3. The Morgan fingerprint density at radius 2 is 1.95 bits per heavy atom. The van der Waals surface area contributed by atoms with E-state index < -0.39 is 0 Å². The lowest BCUT2D eigenvalue weighted by molar-refractivity contribution is -0.119. The molecule has 120 valence electrons. The van der Waals surface area contributed by atoms with Crippen molar-refractivity contribution in [2.24, 2.45) is 0 Å². The second-order valence-corrected chi connectivity index (χ2v) is 6.88. The molecule has 0 saturated carbocycles. The molecule has 1 aromatic heterocycles. The number of aromatic nitrogens is 3. The van der Waals surface area contributed by atoms with Gasteiger partial charge >= 0.3 is 0 Å². The van der Waals surface area contributed by atoms with Crippen molar-refractivity contribution in [3.8, 4) is 0 Å². The Hall–Kier alpha value is -1.23. The highest BCUT2D eigenvalue weighted by atomic mass is 16.5. The summed E-state index contributed by atoms with van der Waals surface area (Å²) in [5.41, 5.74) is 0.612. The van der Waals surface area contributed by atoms with Gasteiger partial charge in [-0.1, -0.05) is 12.1 Å². The van der Waals surface area contributed by atoms with Crippen molar-refractivity contribution in [1.82, 2.24) is 15.0 Å². The minimum Gasteiger partial charge on any atom is -0.375 e. The number of Topliss-reactive ketones (excluding diaryl/α,β-unsaturated/α-hetero) is 1. The lowest BCUT2D eigenvalue weighted by Gasteiger charge is -2.29. The molecule has 0 aromatic carbocycles. The van der Waals surface area contributed by atoms with Crippen LogP contribution in [-0.2, 0) is 21.5 Å². The number of rotatable bonds is 9. The van der Waals surface area contributed by atoms with Gasteiger partial charge < -0.3 is 9.53 Å². The van der Waals surface area contributed by atoms with Gasteiger partial charge in [0.1, 0.15) is 5.78 Å². The van der Waals surface area contributed by atoms with E-state index in [2.05, 4.69) is 31.1 Å². The minimum absolute atomic E-state index is 0.128. The highest BCUT2D eigenvalue weighted by Crippen LogP contribution is 2.22. The molecule has 0 radical (unpaired) electrons. The maximum Gasteiger partial charge on any atom is 0.129 e. The van der Waals surface area contributed by atoms with Gasteiger partial charge in [-0.15, -0.1) is 5.10 Å². The smallest absolute Gasteiger partial charge is 0.129 e. The van der Waals surface area contributed by atoms with Crippen molar-refractivity contribution in [1.29, 1.82) is 0 Å². The monoisotopic (exact) mass is 295 g/mol. The van der Waals surface area contributed by atoms with Crippen LogP contribution in [0.5, 0.6) is 0 Å². The Morgan fingerprint density at radius 3 is 2.48 bits per heavy atom.